The van der Waals surface area contributed by atoms with E-state index in [-0.39, 0.29) is 5.91 Å². The highest BCUT2D eigenvalue weighted by molar-refractivity contribution is 5.79. The van der Waals surface area contributed by atoms with Gasteiger partial charge in [0.2, 0.25) is 5.91 Å². The molecule has 2 aromatic rings. The molecule has 1 aliphatic heterocycles. The highest BCUT2D eigenvalue weighted by atomic mass is 16.2. The molecule has 1 aliphatic rings. The number of aromatic nitrogens is 4. The molecule has 3 rings (SSSR count). The van der Waals surface area contributed by atoms with Gasteiger partial charge in [-0.3, -0.25) is 9.48 Å². The molecule has 1 fully saturated rings. The smallest absolute Gasteiger partial charge is 0.227 e. The van der Waals surface area contributed by atoms with Gasteiger partial charge < -0.3 is 4.90 Å². The number of hydrogen-bond donors (Lipinski definition) is 0. The van der Waals surface area contributed by atoms with Crippen molar-refractivity contribution in [1.82, 2.24) is 24.6 Å². The van der Waals surface area contributed by atoms with Crippen LogP contribution in [0.2, 0.25) is 0 Å². The van der Waals surface area contributed by atoms with Gasteiger partial charge in [-0.25, -0.2) is 9.97 Å². The second-order valence-corrected chi connectivity index (χ2v) is 6.24. The number of amides is 1. The lowest BCUT2D eigenvalue weighted by molar-refractivity contribution is -0.131. The van der Waals surface area contributed by atoms with Crippen LogP contribution in [0.1, 0.15) is 41.4 Å². The Morgan fingerprint density at radius 1 is 1.30 bits per heavy atom. The van der Waals surface area contributed by atoms with Gasteiger partial charge in [0.05, 0.1) is 12.1 Å². The molecule has 0 saturated carbocycles. The van der Waals surface area contributed by atoms with Crippen molar-refractivity contribution >= 4 is 5.91 Å². The predicted molar refractivity (Wildman–Crippen MR) is 87.0 cm³/mol. The van der Waals surface area contributed by atoms with E-state index in [2.05, 4.69) is 15.1 Å². The maximum atomic E-state index is 12.6. The van der Waals surface area contributed by atoms with Crippen LogP contribution < -0.4 is 0 Å². The largest absolute Gasteiger partial charge is 0.342 e. The summed E-state index contributed by atoms with van der Waals surface area (Å²) < 4.78 is 1.85. The van der Waals surface area contributed by atoms with E-state index in [4.69, 9.17) is 0 Å². The van der Waals surface area contributed by atoms with Gasteiger partial charge in [0.1, 0.15) is 6.33 Å². The summed E-state index contributed by atoms with van der Waals surface area (Å²) in [6, 6.07) is 1.98. The van der Waals surface area contributed by atoms with Gasteiger partial charge in [0, 0.05) is 49.2 Å². The molecule has 3 heterocycles. The lowest BCUT2D eigenvalue weighted by Gasteiger charge is -2.31. The van der Waals surface area contributed by atoms with Crippen LogP contribution in [0.3, 0.4) is 0 Å². The fraction of sp³-hybridized carbons (Fsp3) is 0.529. The minimum atomic E-state index is 0.199. The van der Waals surface area contributed by atoms with Crippen LogP contribution in [0.25, 0.3) is 0 Å². The molecule has 0 N–H and O–H groups in total. The van der Waals surface area contributed by atoms with Crippen LogP contribution in [0.15, 0.2) is 18.6 Å². The molecular weight excluding hydrogens is 290 g/mol. The maximum absolute atomic E-state index is 12.6. The maximum Gasteiger partial charge on any atom is 0.227 e. The molecule has 23 heavy (non-hydrogen) atoms. The molecule has 122 valence electrons. The molecule has 0 unspecified atom stereocenters. The second kappa shape index (κ2) is 6.48. The minimum absolute atomic E-state index is 0.199. The van der Waals surface area contributed by atoms with Gasteiger partial charge in [-0.05, 0) is 32.8 Å². The quantitative estimate of drug-likeness (QED) is 0.866. The van der Waals surface area contributed by atoms with Gasteiger partial charge in [-0.2, -0.15) is 5.10 Å². The lowest BCUT2D eigenvalue weighted by atomic mass is 9.93. The third kappa shape index (κ3) is 3.25. The van der Waals surface area contributed by atoms with Crippen LogP contribution in [-0.4, -0.2) is 43.6 Å². The van der Waals surface area contributed by atoms with E-state index in [0.29, 0.717) is 12.3 Å². The minimum Gasteiger partial charge on any atom is -0.342 e. The van der Waals surface area contributed by atoms with E-state index in [1.807, 2.05) is 36.5 Å². The Kier molecular flexibility index (Phi) is 4.41. The van der Waals surface area contributed by atoms with Crippen molar-refractivity contribution in [1.29, 1.82) is 0 Å². The number of likely N-dealkylation sites (tertiary alicyclic amines) is 1. The van der Waals surface area contributed by atoms with Crippen LogP contribution in [0, 0.1) is 13.8 Å². The molecule has 1 amide bonds. The summed E-state index contributed by atoms with van der Waals surface area (Å²) in [7, 11) is 1.92. The van der Waals surface area contributed by atoms with Crippen molar-refractivity contribution in [2.24, 2.45) is 7.05 Å². The summed E-state index contributed by atoms with van der Waals surface area (Å²) in [6.45, 7) is 5.58. The van der Waals surface area contributed by atoms with Gasteiger partial charge in [-0.15, -0.1) is 0 Å². The predicted octanol–water partition coefficient (Wildman–Crippen LogP) is 1.78. The van der Waals surface area contributed by atoms with Crippen molar-refractivity contribution in [2.75, 3.05) is 13.1 Å². The molecule has 0 spiro atoms. The SMILES string of the molecule is Cc1nn(C)c(C)c1CC(=O)N1CCC(c2ccncn2)CC1. The first-order chi connectivity index (χ1) is 11.1. The molecule has 1 saturated heterocycles. The molecule has 0 aromatic carbocycles. The zero-order valence-corrected chi connectivity index (χ0v) is 14.0. The Hall–Kier alpha value is -2.24. The molecule has 0 radical (unpaired) electrons. The Bertz CT molecular complexity index is 687. The first kappa shape index (κ1) is 15.6. The van der Waals surface area contributed by atoms with Crippen molar-refractivity contribution in [2.45, 2.75) is 39.0 Å². The molecule has 2 aromatic heterocycles. The Morgan fingerprint density at radius 3 is 2.61 bits per heavy atom. The van der Waals surface area contributed by atoms with Crippen LogP contribution in [-0.2, 0) is 18.3 Å². The zero-order valence-electron chi connectivity index (χ0n) is 14.0. The number of hydrogen-bond acceptors (Lipinski definition) is 4. The Balaban J connectivity index is 1.60. The van der Waals surface area contributed by atoms with Crippen LogP contribution in [0.5, 0.6) is 0 Å². The second-order valence-electron chi connectivity index (χ2n) is 6.24. The summed E-state index contributed by atoms with van der Waals surface area (Å²) >= 11 is 0. The first-order valence-corrected chi connectivity index (χ1v) is 8.09. The van der Waals surface area contributed by atoms with E-state index >= 15 is 0 Å². The molecular formula is C17H23N5O. The standard InChI is InChI=1S/C17H23N5O/c1-12-15(13(2)21(3)20-12)10-17(23)22-8-5-14(6-9-22)16-4-7-18-11-19-16/h4,7,11,14H,5-6,8-10H2,1-3H3. The van der Waals surface area contributed by atoms with Crippen molar-refractivity contribution in [3.8, 4) is 0 Å². The molecule has 0 atom stereocenters. The third-order valence-corrected chi connectivity index (χ3v) is 4.86. The summed E-state index contributed by atoms with van der Waals surface area (Å²) in [4.78, 5) is 22.9. The van der Waals surface area contributed by atoms with E-state index in [1.54, 1.807) is 12.5 Å². The fourth-order valence-corrected chi connectivity index (χ4v) is 3.30. The summed E-state index contributed by atoms with van der Waals surface area (Å²) in [5, 5.41) is 4.39. The average Bonchev–Trinajstić information content (AvgIpc) is 2.82. The van der Waals surface area contributed by atoms with Gasteiger partial charge in [0.25, 0.3) is 0 Å². The molecule has 6 nitrogen and oxygen atoms in total. The van der Waals surface area contributed by atoms with E-state index < -0.39 is 0 Å². The number of rotatable bonds is 3. The number of carbonyl (C=O) groups is 1. The summed E-state index contributed by atoms with van der Waals surface area (Å²) in [6.07, 6.45) is 5.76. The highest BCUT2D eigenvalue weighted by Crippen LogP contribution is 2.26. The van der Waals surface area contributed by atoms with E-state index in [9.17, 15) is 4.79 Å². The summed E-state index contributed by atoms with van der Waals surface area (Å²) in [5.41, 5.74) is 4.18. The van der Waals surface area contributed by atoms with Gasteiger partial charge >= 0.3 is 0 Å². The van der Waals surface area contributed by atoms with Gasteiger partial charge in [0.15, 0.2) is 0 Å². The number of aryl methyl sites for hydroxylation is 2. The van der Waals surface area contributed by atoms with Crippen molar-refractivity contribution < 1.29 is 4.79 Å². The van der Waals surface area contributed by atoms with Crippen LogP contribution in [0.4, 0.5) is 0 Å². The molecule has 0 aliphatic carbocycles. The fourth-order valence-electron chi connectivity index (χ4n) is 3.30. The Morgan fingerprint density at radius 2 is 2.04 bits per heavy atom. The highest BCUT2D eigenvalue weighted by Gasteiger charge is 2.25. The topological polar surface area (TPSA) is 63.9 Å². The number of piperidine rings is 1. The zero-order chi connectivity index (χ0) is 16.4. The van der Waals surface area contributed by atoms with Crippen molar-refractivity contribution in [3.63, 3.8) is 0 Å². The average molecular weight is 313 g/mol. The van der Waals surface area contributed by atoms with Gasteiger partial charge in [-0.1, -0.05) is 0 Å². The number of nitrogens with zero attached hydrogens (tertiary/aromatic N) is 5. The van der Waals surface area contributed by atoms with Crippen LogP contribution >= 0.6 is 0 Å². The number of carbonyl (C=O) groups excluding carboxylic acids is 1. The monoisotopic (exact) mass is 313 g/mol. The van der Waals surface area contributed by atoms with E-state index in [1.165, 1.54) is 0 Å². The normalized spacial score (nSPS) is 15.9. The first-order valence-electron chi connectivity index (χ1n) is 8.09. The summed E-state index contributed by atoms with van der Waals surface area (Å²) in [5.74, 6) is 0.634. The Labute approximate surface area is 136 Å². The third-order valence-electron chi connectivity index (χ3n) is 4.86. The molecule has 0 bridgehead atoms. The lowest BCUT2D eigenvalue weighted by Crippen LogP contribution is -2.39. The van der Waals surface area contributed by atoms with E-state index in [0.717, 1.165) is 48.6 Å². The molecule has 6 heteroatoms. The van der Waals surface area contributed by atoms with Crippen molar-refractivity contribution in [3.05, 3.63) is 41.2 Å².